The number of nitrogens with zero attached hydrogens (tertiary/aromatic N) is 2. The van der Waals surface area contributed by atoms with Gasteiger partial charge in [0.2, 0.25) is 5.91 Å². The largest absolute Gasteiger partial charge is 0.296 e. The zero-order valence-electron chi connectivity index (χ0n) is 6.95. The van der Waals surface area contributed by atoms with Gasteiger partial charge >= 0.3 is 0 Å². The van der Waals surface area contributed by atoms with Crippen LogP contribution in [0.25, 0.3) is 0 Å². The summed E-state index contributed by atoms with van der Waals surface area (Å²) >= 11 is 0. The molecule has 3 nitrogen and oxygen atoms in total. The van der Waals surface area contributed by atoms with Crippen LogP contribution in [-0.4, -0.2) is 17.4 Å². The van der Waals surface area contributed by atoms with E-state index in [2.05, 4.69) is 4.98 Å². The van der Waals surface area contributed by atoms with E-state index in [1.165, 1.54) is 0 Å². The maximum Gasteiger partial charge on any atom is 0.229 e. The van der Waals surface area contributed by atoms with Crippen LogP contribution in [0.5, 0.6) is 0 Å². The first-order valence-electron chi connectivity index (χ1n) is 4.00. The number of carbonyl (C=O) groups is 1. The quantitative estimate of drug-likeness (QED) is 0.580. The number of β-lactam (4-membered cyclic amide) rings is 1. The predicted octanol–water partition coefficient (Wildman–Crippen LogP) is 1.13. The number of hydrogen-bond donors (Lipinski definition) is 0. The lowest BCUT2D eigenvalue weighted by Crippen LogP contribution is -2.43. The number of aryl methyl sites for hydroxylation is 1. The van der Waals surface area contributed by atoms with Crippen molar-refractivity contribution in [3.05, 3.63) is 23.9 Å². The van der Waals surface area contributed by atoms with Crippen molar-refractivity contribution in [2.45, 2.75) is 13.3 Å². The SMILES string of the molecule is Cc1ccc(N2CCC2=O)nc1. The molecule has 1 aromatic rings. The fourth-order valence-electron chi connectivity index (χ4n) is 1.18. The number of hydrogen-bond acceptors (Lipinski definition) is 2. The summed E-state index contributed by atoms with van der Waals surface area (Å²) in [5.74, 6) is 0.947. The molecule has 0 aliphatic carbocycles. The van der Waals surface area contributed by atoms with Crippen LogP contribution < -0.4 is 4.90 Å². The summed E-state index contributed by atoms with van der Waals surface area (Å²) in [6.45, 7) is 2.80. The van der Waals surface area contributed by atoms with Crippen molar-refractivity contribution >= 4 is 11.7 Å². The summed E-state index contributed by atoms with van der Waals surface area (Å²) in [6, 6.07) is 3.85. The molecule has 0 unspecified atom stereocenters. The highest BCUT2D eigenvalue weighted by atomic mass is 16.2. The molecule has 1 aliphatic rings. The van der Waals surface area contributed by atoms with Gasteiger partial charge in [-0.3, -0.25) is 9.69 Å². The van der Waals surface area contributed by atoms with Crippen LogP contribution in [0, 0.1) is 6.92 Å². The van der Waals surface area contributed by atoms with E-state index in [9.17, 15) is 4.79 Å². The molecule has 1 amide bonds. The van der Waals surface area contributed by atoms with Crippen molar-refractivity contribution in [1.82, 2.24) is 4.98 Å². The Morgan fingerprint density at radius 2 is 2.33 bits per heavy atom. The minimum absolute atomic E-state index is 0.173. The minimum atomic E-state index is 0.173. The number of pyridine rings is 1. The molecule has 12 heavy (non-hydrogen) atoms. The molecular weight excluding hydrogens is 152 g/mol. The van der Waals surface area contributed by atoms with E-state index in [0.717, 1.165) is 17.9 Å². The highest BCUT2D eigenvalue weighted by Crippen LogP contribution is 2.18. The minimum Gasteiger partial charge on any atom is -0.296 e. The fraction of sp³-hybridized carbons (Fsp3) is 0.333. The smallest absolute Gasteiger partial charge is 0.229 e. The topological polar surface area (TPSA) is 33.2 Å². The van der Waals surface area contributed by atoms with E-state index >= 15 is 0 Å². The monoisotopic (exact) mass is 162 g/mol. The van der Waals surface area contributed by atoms with Crippen LogP contribution in [-0.2, 0) is 4.79 Å². The molecule has 0 spiro atoms. The van der Waals surface area contributed by atoms with Gasteiger partial charge in [-0.1, -0.05) is 6.07 Å². The average Bonchev–Trinajstić information content (AvgIpc) is 2.06. The molecular formula is C9H10N2O. The summed E-state index contributed by atoms with van der Waals surface area (Å²) in [5, 5.41) is 0. The van der Waals surface area contributed by atoms with Crippen molar-refractivity contribution in [2.75, 3.05) is 11.4 Å². The maximum absolute atomic E-state index is 11.0. The second kappa shape index (κ2) is 2.59. The molecule has 0 saturated carbocycles. The van der Waals surface area contributed by atoms with Gasteiger partial charge in [0.25, 0.3) is 0 Å². The van der Waals surface area contributed by atoms with E-state index in [-0.39, 0.29) is 5.91 Å². The molecule has 2 heterocycles. The highest BCUT2D eigenvalue weighted by molar-refractivity contribution is 5.98. The van der Waals surface area contributed by atoms with Gasteiger partial charge in [-0.25, -0.2) is 4.98 Å². The predicted molar refractivity (Wildman–Crippen MR) is 45.9 cm³/mol. The lowest BCUT2D eigenvalue weighted by atomic mass is 10.2. The molecule has 1 aromatic heterocycles. The van der Waals surface area contributed by atoms with Gasteiger partial charge < -0.3 is 0 Å². The molecule has 0 atom stereocenters. The molecule has 2 rings (SSSR count). The number of rotatable bonds is 1. The van der Waals surface area contributed by atoms with Gasteiger partial charge in [0.1, 0.15) is 5.82 Å². The first-order valence-corrected chi connectivity index (χ1v) is 4.00. The van der Waals surface area contributed by atoms with E-state index in [0.29, 0.717) is 6.42 Å². The highest BCUT2D eigenvalue weighted by Gasteiger charge is 2.25. The fourth-order valence-corrected chi connectivity index (χ4v) is 1.18. The Hall–Kier alpha value is -1.38. The van der Waals surface area contributed by atoms with Gasteiger partial charge in [0.05, 0.1) is 0 Å². The molecule has 3 heteroatoms. The Bertz CT molecular complexity index is 305. The third-order valence-corrected chi connectivity index (χ3v) is 2.02. The van der Waals surface area contributed by atoms with Gasteiger partial charge in [-0.2, -0.15) is 0 Å². The van der Waals surface area contributed by atoms with Gasteiger partial charge in [0, 0.05) is 19.2 Å². The molecule has 1 saturated heterocycles. The van der Waals surface area contributed by atoms with Crippen molar-refractivity contribution in [1.29, 1.82) is 0 Å². The number of carbonyl (C=O) groups excluding carboxylic acids is 1. The second-order valence-electron chi connectivity index (χ2n) is 2.99. The third-order valence-electron chi connectivity index (χ3n) is 2.02. The maximum atomic E-state index is 11.0. The Labute approximate surface area is 71.0 Å². The Morgan fingerprint density at radius 1 is 1.50 bits per heavy atom. The van der Waals surface area contributed by atoms with Gasteiger partial charge in [-0.05, 0) is 18.6 Å². The molecule has 0 radical (unpaired) electrons. The van der Waals surface area contributed by atoms with Crippen LogP contribution in [0.4, 0.5) is 5.82 Å². The standard InChI is InChI=1S/C9H10N2O/c1-7-2-3-8(10-6-7)11-5-4-9(11)12/h2-3,6H,4-5H2,1H3. The van der Waals surface area contributed by atoms with Crippen LogP contribution in [0.2, 0.25) is 0 Å². The van der Waals surface area contributed by atoms with Crippen molar-refractivity contribution in [2.24, 2.45) is 0 Å². The van der Waals surface area contributed by atoms with Gasteiger partial charge in [0.15, 0.2) is 0 Å². The molecule has 1 fully saturated rings. The summed E-state index contributed by atoms with van der Waals surface area (Å²) < 4.78 is 0. The molecule has 0 N–H and O–H groups in total. The molecule has 62 valence electrons. The van der Waals surface area contributed by atoms with Crippen LogP contribution in [0.1, 0.15) is 12.0 Å². The number of amides is 1. The average molecular weight is 162 g/mol. The zero-order chi connectivity index (χ0) is 8.55. The van der Waals surface area contributed by atoms with Crippen LogP contribution in [0.15, 0.2) is 18.3 Å². The molecule has 0 aromatic carbocycles. The molecule has 0 bridgehead atoms. The lowest BCUT2D eigenvalue weighted by Gasteiger charge is -2.29. The van der Waals surface area contributed by atoms with E-state index in [1.807, 2.05) is 19.1 Å². The summed E-state index contributed by atoms with van der Waals surface area (Å²) in [5.41, 5.74) is 1.12. The number of anilines is 1. The van der Waals surface area contributed by atoms with Crippen LogP contribution in [0.3, 0.4) is 0 Å². The third kappa shape index (κ3) is 1.07. The van der Waals surface area contributed by atoms with Crippen molar-refractivity contribution in [3.8, 4) is 0 Å². The summed E-state index contributed by atoms with van der Waals surface area (Å²) in [4.78, 5) is 16.9. The number of aromatic nitrogens is 1. The van der Waals surface area contributed by atoms with Gasteiger partial charge in [-0.15, -0.1) is 0 Å². The zero-order valence-corrected chi connectivity index (χ0v) is 6.95. The Morgan fingerprint density at radius 3 is 2.75 bits per heavy atom. The van der Waals surface area contributed by atoms with Crippen LogP contribution >= 0.6 is 0 Å². The van der Waals surface area contributed by atoms with Crippen molar-refractivity contribution in [3.63, 3.8) is 0 Å². The normalized spacial score (nSPS) is 16.1. The Balaban J connectivity index is 2.23. The van der Waals surface area contributed by atoms with E-state index in [1.54, 1.807) is 11.1 Å². The Kier molecular flexibility index (Phi) is 1.57. The van der Waals surface area contributed by atoms with E-state index in [4.69, 9.17) is 0 Å². The summed E-state index contributed by atoms with van der Waals surface area (Å²) in [6.07, 6.45) is 2.44. The first kappa shape index (κ1) is 7.28. The lowest BCUT2D eigenvalue weighted by molar-refractivity contribution is -0.122. The molecule has 1 aliphatic heterocycles. The van der Waals surface area contributed by atoms with E-state index < -0.39 is 0 Å². The first-order chi connectivity index (χ1) is 5.77. The second-order valence-corrected chi connectivity index (χ2v) is 2.99. The van der Waals surface area contributed by atoms with Crippen molar-refractivity contribution < 1.29 is 4.79 Å². The summed E-state index contributed by atoms with van der Waals surface area (Å²) in [7, 11) is 0.